The lowest BCUT2D eigenvalue weighted by molar-refractivity contribution is 0.0695. The Balaban J connectivity index is 1.81. The Kier molecular flexibility index (Phi) is 4.54. The lowest BCUT2D eigenvalue weighted by Gasteiger charge is -2.33. The molecule has 28 heavy (non-hydrogen) atoms. The molecule has 4 rings (SSSR count). The molecule has 0 bridgehead atoms. The van der Waals surface area contributed by atoms with Gasteiger partial charge in [0.2, 0.25) is 5.43 Å². The van der Waals surface area contributed by atoms with Crippen LogP contribution in [0.25, 0.3) is 10.9 Å². The van der Waals surface area contributed by atoms with E-state index in [-0.39, 0.29) is 23.0 Å². The Morgan fingerprint density at radius 2 is 2.14 bits per heavy atom. The van der Waals surface area contributed by atoms with Crippen molar-refractivity contribution in [2.45, 2.75) is 31.3 Å². The van der Waals surface area contributed by atoms with Crippen LogP contribution in [-0.4, -0.2) is 47.6 Å². The average Bonchev–Trinajstić information content (AvgIpc) is 3.49. The predicted molar refractivity (Wildman–Crippen MR) is 103 cm³/mol. The fraction of sp³-hybridized carbons (Fsp3) is 0.421. The number of hydrogen-bond acceptors (Lipinski definition) is 6. The zero-order chi connectivity index (χ0) is 20.0. The van der Waals surface area contributed by atoms with Crippen molar-refractivity contribution in [2.24, 2.45) is 10.9 Å². The van der Waals surface area contributed by atoms with E-state index in [0.717, 1.165) is 24.6 Å². The van der Waals surface area contributed by atoms with Gasteiger partial charge in [-0.25, -0.2) is 9.18 Å². The van der Waals surface area contributed by atoms with E-state index < -0.39 is 17.2 Å². The Morgan fingerprint density at radius 1 is 1.39 bits per heavy atom. The number of nitrogens with two attached hydrogens (primary N) is 1. The first-order chi connectivity index (χ1) is 13.4. The van der Waals surface area contributed by atoms with Crippen molar-refractivity contribution in [3.8, 4) is 0 Å². The number of piperidine rings is 1. The molecule has 1 saturated heterocycles. The zero-order valence-corrected chi connectivity index (χ0v) is 15.4. The van der Waals surface area contributed by atoms with Crippen LogP contribution in [0.1, 0.15) is 35.7 Å². The fourth-order valence-corrected chi connectivity index (χ4v) is 3.73. The summed E-state index contributed by atoms with van der Waals surface area (Å²) in [5.41, 5.74) is 6.72. The van der Waals surface area contributed by atoms with Crippen molar-refractivity contribution in [3.63, 3.8) is 0 Å². The maximum absolute atomic E-state index is 14.9. The minimum absolute atomic E-state index is 0.0796. The third-order valence-corrected chi connectivity index (χ3v) is 5.30. The highest BCUT2D eigenvalue weighted by molar-refractivity contribution is 5.94. The smallest absolute Gasteiger partial charge is 0.341 e. The van der Waals surface area contributed by atoms with Crippen LogP contribution in [0.15, 0.2) is 28.3 Å². The largest absolute Gasteiger partial charge is 0.477 e. The van der Waals surface area contributed by atoms with E-state index in [1.807, 2.05) is 4.90 Å². The highest BCUT2D eigenvalue weighted by Crippen LogP contribution is 2.38. The second-order valence-corrected chi connectivity index (χ2v) is 7.20. The summed E-state index contributed by atoms with van der Waals surface area (Å²) < 4.78 is 16.7. The number of rotatable bonds is 4. The summed E-state index contributed by atoms with van der Waals surface area (Å²) in [5, 5.41) is 13.3. The normalized spacial score (nSPS) is 21.3. The summed E-state index contributed by atoms with van der Waals surface area (Å²) in [7, 11) is 1.46. The Bertz CT molecular complexity index is 1040. The van der Waals surface area contributed by atoms with Crippen LogP contribution < -0.4 is 16.1 Å². The molecule has 1 aliphatic carbocycles. The summed E-state index contributed by atoms with van der Waals surface area (Å²) in [6, 6.07) is 2.51. The van der Waals surface area contributed by atoms with Gasteiger partial charge in [-0.1, -0.05) is 5.16 Å². The molecule has 1 aromatic carbocycles. The maximum Gasteiger partial charge on any atom is 0.341 e. The first-order valence-corrected chi connectivity index (χ1v) is 9.13. The van der Waals surface area contributed by atoms with E-state index in [0.29, 0.717) is 30.7 Å². The van der Waals surface area contributed by atoms with E-state index in [1.165, 1.54) is 13.3 Å². The van der Waals surface area contributed by atoms with Gasteiger partial charge in [0.15, 0.2) is 0 Å². The minimum Gasteiger partial charge on any atom is -0.477 e. The molecule has 1 aromatic heterocycles. The number of aromatic nitrogens is 1. The zero-order valence-electron chi connectivity index (χ0n) is 15.4. The van der Waals surface area contributed by atoms with E-state index >= 15 is 0 Å². The summed E-state index contributed by atoms with van der Waals surface area (Å²) in [5.74, 6) is -1.88. The highest BCUT2D eigenvalue weighted by Gasteiger charge is 2.29. The molecule has 0 radical (unpaired) electrons. The molecular weight excluding hydrogens is 367 g/mol. The van der Waals surface area contributed by atoms with Crippen LogP contribution in [0, 0.1) is 5.82 Å². The van der Waals surface area contributed by atoms with Crippen molar-refractivity contribution in [3.05, 3.63) is 39.9 Å². The van der Waals surface area contributed by atoms with E-state index in [4.69, 9.17) is 10.6 Å². The van der Waals surface area contributed by atoms with Crippen molar-refractivity contribution in [1.29, 1.82) is 0 Å². The highest BCUT2D eigenvalue weighted by atomic mass is 19.1. The van der Waals surface area contributed by atoms with Gasteiger partial charge in [0.1, 0.15) is 18.5 Å². The van der Waals surface area contributed by atoms with Gasteiger partial charge in [0.25, 0.3) is 0 Å². The van der Waals surface area contributed by atoms with E-state index in [1.54, 1.807) is 10.6 Å². The molecule has 1 saturated carbocycles. The van der Waals surface area contributed by atoms with E-state index in [2.05, 4.69) is 5.16 Å². The third kappa shape index (κ3) is 3.11. The van der Waals surface area contributed by atoms with Crippen molar-refractivity contribution in [2.75, 3.05) is 25.1 Å². The van der Waals surface area contributed by atoms with Gasteiger partial charge >= 0.3 is 5.97 Å². The molecule has 2 fully saturated rings. The predicted octanol–water partition coefficient (Wildman–Crippen LogP) is 1.71. The molecule has 8 nitrogen and oxygen atoms in total. The Morgan fingerprint density at radius 3 is 2.75 bits per heavy atom. The molecule has 1 atom stereocenters. The lowest BCUT2D eigenvalue weighted by Crippen LogP contribution is -2.49. The first kappa shape index (κ1) is 18.4. The fourth-order valence-electron chi connectivity index (χ4n) is 3.73. The number of nitrogens with zero attached hydrogens (tertiary/aromatic N) is 3. The number of halogens is 1. The van der Waals surface area contributed by atoms with Gasteiger partial charge in [-0.3, -0.25) is 4.79 Å². The van der Waals surface area contributed by atoms with Crippen molar-refractivity contribution >= 4 is 28.3 Å². The second-order valence-electron chi connectivity index (χ2n) is 7.20. The topological polar surface area (TPSA) is 110 Å². The summed E-state index contributed by atoms with van der Waals surface area (Å²) in [4.78, 5) is 30.6. The number of carboxylic acids is 1. The second kappa shape index (κ2) is 6.90. The number of benzene rings is 1. The number of anilines is 1. The number of carbonyl (C=O) groups is 1. The molecular formula is C19H21FN4O4. The number of aromatic carboxylic acids is 1. The number of fused-ring (bicyclic) bond motifs is 1. The summed E-state index contributed by atoms with van der Waals surface area (Å²) in [6.07, 6.45) is 3.71. The van der Waals surface area contributed by atoms with E-state index in [9.17, 15) is 19.1 Å². The monoisotopic (exact) mass is 388 g/mol. The van der Waals surface area contributed by atoms with Crippen LogP contribution >= 0.6 is 0 Å². The van der Waals surface area contributed by atoms with Crippen LogP contribution in [0.2, 0.25) is 0 Å². The van der Waals surface area contributed by atoms with Gasteiger partial charge in [0, 0.05) is 37.1 Å². The molecule has 3 N–H and O–H groups in total. The van der Waals surface area contributed by atoms with Gasteiger partial charge in [-0.2, -0.15) is 0 Å². The average molecular weight is 388 g/mol. The van der Waals surface area contributed by atoms with Crippen molar-refractivity contribution < 1.29 is 19.1 Å². The third-order valence-electron chi connectivity index (χ3n) is 5.30. The first-order valence-electron chi connectivity index (χ1n) is 9.13. The van der Waals surface area contributed by atoms with Crippen LogP contribution in [0.5, 0.6) is 0 Å². The molecule has 0 amide bonds. The Labute approximate surface area is 160 Å². The summed E-state index contributed by atoms with van der Waals surface area (Å²) in [6.45, 7) is 0.880. The molecule has 1 unspecified atom stereocenters. The molecule has 1 aliphatic heterocycles. The number of hydrogen-bond donors (Lipinski definition) is 2. The maximum atomic E-state index is 14.9. The van der Waals surface area contributed by atoms with Crippen LogP contribution in [0.3, 0.4) is 0 Å². The molecule has 2 heterocycles. The minimum atomic E-state index is -1.31. The molecule has 2 aromatic rings. The molecule has 148 valence electrons. The SMILES string of the molecule is CO/N=C1\CCN(c2cc3c(cc2F)c(=O)c(C(=O)O)cn3C2CC2)CC1N. The lowest BCUT2D eigenvalue weighted by atomic mass is 10.0. The molecule has 9 heteroatoms. The van der Waals surface area contributed by atoms with Gasteiger partial charge in [-0.05, 0) is 25.0 Å². The standard InChI is InChI=1S/C19H21FN4O4/c1-28-22-15-4-5-23(9-14(15)21)17-7-16-11(6-13(17)20)18(25)12(19(26)27)8-24(16)10-2-3-10/h6-8,10,14H,2-5,9,21H2,1H3,(H,26,27)/b22-15+. The van der Waals surface area contributed by atoms with Gasteiger partial charge in [-0.15, -0.1) is 0 Å². The Hall–Kier alpha value is -2.94. The van der Waals surface area contributed by atoms with Gasteiger partial charge < -0.3 is 25.1 Å². The number of pyridine rings is 1. The molecule has 2 aliphatic rings. The number of carboxylic acid groups (broad SMARTS) is 1. The van der Waals surface area contributed by atoms with Crippen LogP contribution in [-0.2, 0) is 4.84 Å². The van der Waals surface area contributed by atoms with Crippen molar-refractivity contribution in [1.82, 2.24) is 4.57 Å². The quantitative estimate of drug-likeness (QED) is 0.772. The molecule has 0 spiro atoms. The van der Waals surface area contributed by atoms with Gasteiger partial charge in [0.05, 0.1) is 23.0 Å². The number of oxime groups is 1. The van der Waals surface area contributed by atoms with Crippen LogP contribution in [0.4, 0.5) is 10.1 Å². The summed E-state index contributed by atoms with van der Waals surface area (Å²) >= 11 is 0.